The quantitative estimate of drug-likeness (QED) is 0.262. The second kappa shape index (κ2) is 10.7. The first-order valence-electron chi connectivity index (χ1n) is 12.5. The summed E-state index contributed by atoms with van der Waals surface area (Å²) in [5.41, 5.74) is 4.49. The number of fused-ring (bicyclic) bond motifs is 5. The molecule has 0 spiro atoms. The molecule has 0 radical (unpaired) electrons. The number of benzene rings is 1. The summed E-state index contributed by atoms with van der Waals surface area (Å²) < 4.78 is 6.92. The van der Waals surface area contributed by atoms with Crippen molar-refractivity contribution in [2.24, 2.45) is 0 Å². The van der Waals surface area contributed by atoms with E-state index in [1.54, 1.807) is 17.6 Å². The van der Waals surface area contributed by atoms with Crippen LogP contribution in [0.4, 0.5) is 5.69 Å². The number of halogens is 2. The Morgan fingerprint density at radius 2 is 2.00 bits per heavy atom. The number of pyridine rings is 2. The van der Waals surface area contributed by atoms with Crippen LogP contribution >= 0.6 is 36.6 Å². The average molecular weight is 580 g/mol. The highest BCUT2D eigenvalue weighted by atomic mass is 35.5. The SMILES string of the molecule is CCC1(O)C(=O)OCc2c1cc1n(c2=O)Cc2c-1nc1ccc(NCCCN(C)C)c3c1c2CCS3.Cl.Cl. The number of cyclic esters (lactones) is 1. The van der Waals surface area contributed by atoms with Crippen molar-refractivity contribution in [3.05, 3.63) is 50.8 Å². The van der Waals surface area contributed by atoms with E-state index in [-0.39, 0.29) is 43.4 Å². The van der Waals surface area contributed by atoms with E-state index in [0.717, 1.165) is 54.1 Å². The maximum absolute atomic E-state index is 13.5. The van der Waals surface area contributed by atoms with Crippen LogP contribution in [0.2, 0.25) is 0 Å². The molecule has 0 fully saturated rings. The molecule has 2 N–H and O–H groups in total. The standard InChI is InChI=1S/C27H30N4O4S.2ClH/c1-4-27(34)18-12-21-23-16(13-31(21)25(32)17(18)14-35-26(27)33)15-8-11-36-24-20(28-9-5-10-30(2)3)7-6-19(29-23)22(15)24;;/h6-7,12,28,34H,4-5,8-11,13-14H2,1-3H3;2*1H. The Balaban J connectivity index is 0.00000168. The third-order valence-electron chi connectivity index (χ3n) is 7.62. The summed E-state index contributed by atoms with van der Waals surface area (Å²) in [5.74, 6) is 0.267. The van der Waals surface area contributed by atoms with Crippen molar-refractivity contribution in [2.45, 2.75) is 49.8 Å². The van der Waals surface area contributed by atoms with Gasteiger partial charge in [0, 0.05) is 39.4 Å². The summed E-state index contributed by atoms with van der Waals surface area (Å²) in [6.45, 7) is 3.98. The van der Waals surface area contributed by atoms with Crippen molar-refractivity contribution in [3.63, 3.8) is 0 Å². The van der Waals surface area contributed by atoms with E-state index in [0.29, 0.717) is 23.4 Å². The summed E-state index contributed by atoms with van der Waals surface area (Å²) in [7, 11) is 4.17. The van der Waals surface area contributed by atoms with Crippen molar-refractivity contribution in [2.75, 3.05) is 38.3 Å². The molecule has 0 saturated heterocycles. The zero-order chi connectivity index (χ0) is 25.2. The summed E-state index contributed by atoms with van der Waals surface area (Å²) in [5, 5.41) is 15.9. The van der Waals surface area contributed by atoms with Crippen LogP contribution in [0.1, 0.15) is 42.0 Å². The molecule has 0 amide bonds. The van der Waals surface area contributed by atoms with E-state index in [9.17, 15) is 14.7 Å². The number of aryl methyl sites for hydroxylation is 1. The molecule has 38 heavy (non-hydrogen) atoms. The first kappa shape index (κ1) is 28.7. The topological polar surface area (TPSA) is 96.7 Å². The van der Waals surface area contributed by atoms with Gasteiger partial charge in [-0.15, -0.1) is 36.6 Å². The van der Waals surface area contributed by atoms with Crippen molar-refractivity contribution in [3.8, 4) is 11.4 Å². The fourth-order valence-electron chi connectivity index (χ4n) is 5.67. The van der Waals surface area contributed by atoms with Gasteiger partial charge >= 0.3 is 5.97 Å². The van der Waals surface area contributed by atoms with Gasteiger partial charge in [-0.25, -0.2) is 9.78 Å². The van der Waals surface area contributed by atoms with E-state index in [1.807, 2.05) is 11.8 Å². The Kier molecular flexibility index (Phi) is 8.08. The van der Waals surface area contributed by atoms with Gasteiger partial charge in [0.25, 0.3) is 5.56 Å². The number of hydrogen-bond donors (Lipinski definition) is 2. The number of carbonyl (C=O) groups excluding carboxylic acids is 1. The average Bonchev–Trinajstić information content (AvgIpc) is 3.25. The number of esters is 1. The number of thioether (sulfide) groups is 1. The predicted molar refractivity (Wildman–Crippen MR) is 155 cm³/mol. The Morgan fingerprint density at radius 3 is 2.74 bits per heavy atom. The number of aromatic nitrogens is 2. The minimum atomic E-state index is -1.81. The lowest BCUT2D eigenvalue weighted by molar-refractivity contribution is -0.172. The molecule has 0 saturated carbocycles. The van der Waals surface area contributed by atoms with Crippen LogP contribution in [0.3, 0.4) is 0 Å². The van der Waals surface area contributed by atoms with Crippen LogP contribution in [0.15, 0.2) is 27.9 Å². The maximum Gasteiger partial charge on any atom is 0.343 e. The molecule has 0 bridgehead atoms. The monoisotopic (exact) mass is 578 g/mol. The number of ether oxygens (including phenoxy) is 1. The number of aliphatic hydroxyl groups is 1. The third kappa shape index (κ3) is 4.29. The van der Waals surface area contributed by atoms with Gasteiger partial charge in [0.05, 0.1) is 29.0 Å². The zero-order valence-electron chi connectivity index (χ0n) is 21.6. The highest BCUT2D eigenvalue weighted by Crippen LogP contribution is 2.46. The van der Waals surface area contributed by atoms with Crippen LogP contribution in [0.5, 0.6) is 0 Å². The van der Waals surface area contributed by atoms with Crippen LogP contribution in [0.25, 0.3) is 22.3 Å². The van der Waals surface area contributed by atoms with Crippen molar-refractivity contribution in [1.29, 1.82) is 0 Å². The van der Waals surface area contributed by atoms with E-state index in [2.05, 4.69) is 36.4 Å². The fourth-order valence-corrected chi connectivity index (χ4v) is 6.85. The second-order valence-corrected chi connectivity index (χ2v) is 11.1. The Labute approximate surface area is 238 Å². The molecule has 1 unspecified atom stereocenters. The van der Waals surface area contributed by atoms with Crippen LogP contribution in [0, 0.1) is 0 Å². The number of hydrogen-bond acceptors (Lipinski definition) is 8. The molecule has 8 nitrogen and oxygen atoms in total. The molecule has 204 valence electrons. The number of nitrogens with zero attached hydrogens (tertiary/aromatic N) is 3. The van der Waals surface area contributed by atoms with E-state index in [4.69, 9.17) is 9.72 Å². The van der Waals surface area contributed by atoms with Gasteiger partial charge in [0.1, 0.15) is 6.61 Å². The van der Waals surface area contributed by atoms with Crippen molar-refractivity contribution >= 4 is 59.1 Å². The molecular weight excluding hydrogens is 547 g/mol. The van der Waals surface area contributed by atoms with E-state index >= 15 is 0 Å². The fraction of sp³-hybridized carbons (Fsp3) is 0.444. The smallest absolute Gasteiger partial charge is 0.343 e. The Bertz CT molecular complexity index is 1490. The number of nitrogens with one attached hydrogen (secondary N) is 1. The molecule has 3 aromatic rings. The minimum Gasteiger partial charge on any atom is -0.458 e. The van der Waals surface area contributed by atoms with Crippen molar-refractivity contribution < 1.29 is 14.6 Å². The molecule has 1 aromatic carbocycles. The first-order chi connectivity index (χ1) is 17.3. The maximum atomic E-state index is 13.5. The zero-order valence-corrected chi connectivity index (χ0v) is 24.1. The van der Waals surface area contributed by atoms with Crippen molar-refractivity contribution in [1.82, 2.24) is 14.5 Å². The lowest BCUT2D eigenvalue weighted by Crippen LogP contribution is -2.44. The molecule has 0 aliphatic carbocycles. The highest BCUT2D eigenvalue weighted by Gasteiger charge is 2.45. The first-order valence-corrected chi connectivity index (χ1v) is 13.5. The summed E-state index contributed by atoms with van der Waals surface area (Å²) in [6.07, 6.45) is 2.10. The van der Waals surface area contributed by atoms with Gasteiger partial charge in [-0.2, -0.15) is 0 Å². The highest BCUT2D eigenvalue weighted by molar-refractivity contribution is 7.99. The normalized spacial score (nSPS) is 18.7. The molecule has 3 aliphatic heterocycles. The van der Waals surface area contributed by atoms with Gasteiger partial charge in [-0.05, 0) is 63.7 Å². The molecule has 1 atom stereocenters. The molecule has 2 aromatic heterocycles. The van der Waals surface area contributed by atoms with Crippen LogP contribution in [-0.4, -0.2) is 58.5 Å². The minimum absolute atomic E-state index is 0. The molecule has 6 rings (SSSR count). The number of carbonyl (C=O) groups is 1. The van der Waals surface area contributed by atoms with Gasteiger partial charge in [-0.1, -0.05) is 6.92 Å². The van der Waals surface area contributed by atoms with E-state index in [1.165, 1.54) is 15.8 Å². The van der Waals surface area contributed by atoms with Gasteiger partial charge in [0.2, 0.25) is 0 Å². The van der Waals surface area contributed by atoms with Gasteiger partial charge in [0.15, 0.2) is 5.60 Å². The lowest BCUT2D eigenvalue weighted by Gasteiger charge is -2.31. The lowest BCUT2D eigenvalue weighted by atomic mass is 9.86. The predicted octanol–water partition coefficient (Wildman–Crippen LogP) is 3.94. The van der Waals surface area contributed by atoms with Gasteiger partial charge < -0.3 is 24.6 Å². The van der Waals surface area contributed by atoms with Gasteiger partial charge in [-0.3, -0.25) is 4.79 Å². The van der Waals surface area contributed by atoms with Crippen LogP contribution in [-0.2, 0) is 34.7 Å². The van der Waals surface area contributed by atoms with E-state index < -0.39 is 11.6 Å². The summed E-state index contributed by atoms with van der Waals surface area (Å²) >= 11 is 1.86. The van der Waals surface area contributed by atoms with Crippen LogP contribution < -0.4 is 10.9 Å². The summed E-state index contributed by atoms with van der Waals surface area (Å²) in [6, 6.07) is 5.95. The number of rotatable bonds is 6. The number of anilines is 1. The molecule has 3 aliphatic rings. The molecule has 11 heteroatoms. The Morgan fingerprint density at radius 1 is 1.21 bits per heavy atom. The molecular formula is C27H32Cl2N4O4S. The second-order valence-electron chi connectivity index (χ2n) is 10.0. The largest absolute Gasteiger partial charge is 0.458 e. The Hall–Kier alpha value is -2.30. The summed E-state index contributed by atoms with van der Waals surface area (Å²) in [4.78, 5) is 34.4. The molecule has 5 heterocycles. The third-order valence-corrected chi connectivity index (χ3v) is 8.74.